The molecule has 0 saturated heterocycles. The van der Waals surface area contributed by atoms with Gasteiger partial charge in [-0.2, -0.15) is 0 Å². The van der Waals surface area contributed by atoms with E-state index in [1.807, 2.05) is 30.5 Å². The minimum absolute atomic E-state index is 0.0998. The number of benzene rings is 1. The molecule has 0 spiro atoms. The summed E-state index contributed by atoms with van der Waals surface area (Å²) in [6.07, 6.45) is 0.269. The van der Waals surface area contributed by atoms with Gasteiger partial charge in [-0.3, -0.25) is 4.79 Å². The second kappa shape index (κ2) is 4.97. The van der Waals surface area contributed by atoms with Crippen LogP contribution in [0, 0.1) is 6.92 Å². The summed E-state index contributed by atoms with van der Waals surface area (Å²) in [6, 6.07) is 7.35. The third-order valence-corrected chi connectivity index (χ3v) is 3.15. The van der Waals surface area contributed by atoms with E-state index in [0.29, 0.717) is 10.8 Å². The number of nitrogens with zero attached hydrogens (tertiary/aromatic N) is 1. The average Bonchev–Trinajstić information content (AvgIpc) is 2.67. The van der Waals surface area contributed by atoms with Crippen LogP contribution < -0.4 is 11.1 Å². The first-order chi connectivity index (χ1) is 8.15. The van der Waals surface area contributed by atoms with Crippen molar-refractivity contribution in [1.82, 2.24) is 4.98 Å². The molecule has 0 unspecified atom stereocenters. The molecule has 0 aliphatic heterocycles. The Morgan fingerprint density at radius 3 is 2.88 bits per heavy atom. The highest BCUT2D eigenvalue weighted by atomic mass is 32.1. The number of amides is 1. The number of carbonyl (C=O) groups excluding carboxylic acids is 1. The van der Waals surface area contributed by atoms with Gasteiger partial charge in [-0.1, -0.05) is 18.2 Å². The quantitative estimate of drug-likeness (QED) is 0.817. The van der Waals surface area contributed by atoms with E-state index >= 15 is 0 Å². The van der Waals surface area contributed by atoms with Gasteiger partial charge in [-0.25, -0.2) is 4.98 Å². The number of carbonyl (C=O) groups is 1. The number of anilines is 2. The highest BCUT2D eigenvalue weighted by molar-refractivity contribution is 7.13. The largest absolute Gasteiger partial charge is 0.398 e. The van der Waals surface area contributed by atoms with Gasteiger partial charge in [0.2, 0.25) is 5.91 Å². The van der Waals surface area contributed by atoms with Crippen LogP contribution in [0.25, 0.3) is 0 Å². The zero-order valence-electron chi connectivity index (χ0n) is 9.43. The second-order valence-corrected chi connectivity index (χ2v) is 4.58. The fourth-order valence-electron chi connectivity index (χ4n) is 1.44. The first-order valence-electron chi connectivity index (χ1n) is 5.20. The Bertz CT molecular complexity index is 536. The van der Waals surface area contributed by atoms with Gasteiger partial charge in [0.05, 0.1) is 12.1 Å². The molecule has 0 atom stereocenters. The lowest BCUT2D eigenvalue weighted by Gasteiger charge is -2.04. The van der Waals surface area contributed by atoms with E-state index < -0.39 is 0 Å². The number of aromatic nitrogens is 1. The number of para-hydroxylation sites is 1. The summed E-state index contributed by atoms with van der Waals surface area (Å²) in [6.45, 7) is 1.89. The molecule has 4 nitrogen and oxygen atoms in total. The van der Waals surface area contributed by atoms with Crippen LogP contribution in [0.3, 0.4) is 0 Å². The van der Waals surface area contributed by atoms with Crippen LogP contribution in [0.1, 0.15) is 11.3 Å². The first kappa shape index (κ1) is 11.6. The fourth-order valence-corrected chi connectivity index (χ4v) is 2.15. The van der Waals surface area contributed by atoms with Crippen molar-refractivity contribution < 1.29 is 4.79 Å². The van der Waals surface area contributed by atoms with Gasteiger partial charge in [-0.05, 0) is 18.6 Å². The van der Waals surface area contributed by atoms with Crippen molar-refractivity contribution in [2.45, 2.75) is 13.3 Å². The minimum atomic E-state index is -0.0998. The third kappa shape index (κ3) is 3.04. The summed E-state index contributed by atoms with van der Waals surface area (Å²) in [5, 5.41) is 5.27. The topological polar surface area (TPSA) is 68.0 Å². The van der Waals surface area contributed by atoms with Gasteiger partial charge < -0.3 is 11.1 Å². The molecule has 0 fully saturated rings. The van der Waals surface area contributed by atoms with Gasteiger partial charge >= 0.3 is 0 Å². The number of thiazole rings is 1. The zero-order chi connectivity index (χ0) is 12.3. The molecule has 2 aromatic rings. The Labute approximate surface area is 103 Å². The van der Waals surface area contributed by atoms with Gasteiger partial charge in [0.15, 0.2) is 5.13 Å². The van der Waals surface area contributed by atoms with E-state index in [9.17, 15) is 4.79 Å². The summed E-state index contributed by atoms with van der Waals surface area (Å²) < 4.78 is 0. The Kier molecular flexibility index (Phi) is 3.39. The van der Waals surface area contributed by atoms with E-state index in [2.05, 4.69) is 10.3 Å². The van der Waals surface area contributed by atoms with Crippen molar-refractivity contribution >= 4 is 28.1 Å². The molecule has 17 heavy (non-hydrogen) atoms. The molecule has 5 heteroatoms. The Morgan fingerprint density at radius 1 is 1.47 bits per heavy atom. The van der Waals surface area contributed by atoms with E-state index in [0.717, 1.165) is 11.3 Å². The predicted octanol–water partition coefficient (Wildman–Crippen LogP) is 2.21. The Morgan fingerprint density at radius 2 is 2.24 bits per heavy atom. The Balaban J connectivity index is 2.01. The lowest BCUT2D eigenvalue weighted by molar-refractivity contribution is -0.115. The number of rotatable bonds is 3. The molecule has 0 bridgehead atoms. The SMILES string of the molecule is Cc1csc(NC(=O)Cc2ccccc2N)n1. The highest BCUT2D eigenvalue weighted by Crippen LogP contribution is 2.16. The molecule has 0 aliphatic carbocycles. The minimum Gasteiger partial charge on any atom is -0.398 e. The summed E-state index contributed by atoms with van der Waals surface area (Å²) >= 11 is 1.42. The first-order valence-corrected chi connectivity index (χ1v) is 6.08. The number of aryl methyl sites for hydroxylation is 1. The summed E-state index contributed by atoms with van der Waals surface area (Å²) in [5.41, 5.74) is 8.15. The number of hydrogen-bond acceptors (Lipinski definition) is 4. The van der Waals surface area contributed by atoms with Crippen molar-refractivity contribution in [3.8, 4) is 0 Å². The van der Waals surface area contributed by atoms with Gasteiger partial charge in [0.25, 0.3) is 0 Å². The van der Waals surface area contributed by atoms with Crippen LogP contribution in [0.4, 0.5) is 10.8 Å². The van der Waals surface area contributed by atoms with Gasteiger partial charge in [0.1, 0.15) is 0 Å². The molecule has 0 aliphatic rings. The van der Waals surface area contributed by atoms with Crippen LogP contribution in [0.2, 0.25) is 0 Å². The monoisotopic (exact) mass is 247 g/mol. The molecule has 3 N–H and O–H groups in total. The fraction of sp³-hybridized carbons (Fsp3) is 0.167. The average molecular weight is 247 g/mol. The molecular weight excluding hydrogens is 234 g/mol. The van der Waals surface area contributed by atoms with E-state index in [1.54, 1.807) is 6.07 Å². The van der Waals surface area contributed by atoms with Crippen molar-refractivity contribution in [2.24, 2.45) is 0 Å². The summed E-state index contributed by atoms with van der Waals surface area (Å²) in [5.74, 6) is -0.0998. The van der Waals surface area contributed by atoms with E-state index in [4.69, 9.17) is 5.73 Å². The van der Waals surface area contributed by atoms with E-state index in [1.165, 1.54) is 11.3 Å². The summed E-state index contributed by atoms with van der Waals surface area (Å²) in [4.78, 5) is 15.9. The number of nitrogens with two attached hydrogens (primary N) is 1. The normalized spacial score (nSPS) is 10.2. The van der Waals surface area contributed by atoms with Gasteiger partial charge in [-0.15, -0.1) is 11.3 Å². The van der Waals surface area contributed by atoms with Crippen molar-refractivity contribution in [3.63, 3.8) is 0 Å². The smallest absolute Gasteiger partial charge is 0.230 e. The molecule has 1 amide bonds. The van der Waals surface area contributed by atoms with Crippen LogP contribution in [0.15, 0.2) is 29.6 Å². The lowest BCUT2D eigenvalue weighted by atomic mass is 10.1. The summed E-state index contributed by atoms with van der Waals surface area (Å²) in [7, 11) is 0. The van der Waals surface area contributed by atoms with Crippen molar-refractivity contribution in [1.29, 1.82) is 0 Å². The van der Waals surface area contributed by atoms with Crippen molar-refractivity contribution in [2.75, 3.05) is 11.1 Å². The van der Waals surface area contributed by atoms with Crippen LogP contribution in [0.5, 0.6) is 0 Å². The number of nitrogens with one attached hydrogen (secondary N) is 1. The maximum Gasteiger partial charge on any atom is 0.230 e. The standard InChI is InChI=1S/C12H13N3OS/c1-8-7-17-12(14-8)15-11(16)6-9-4-2-3-5-10(9)13/h2-5,7H,6,13H2,1H3,(H,14,15,16). The van der Waals surface area contributed by atoms with Crippen LogP contribution in [-0.2, 0) is 11.2 Å². The van der Waals surface area contributed by atoms with E-state index in [-0.39, 0.29) is 12.3 Å². The van der Waals surface area contributed by atoms with Crippen LogP contribution >= 0.6 is 11.3 Å². The molecule has 88 valence electrons. The Hall–Kier alpha value is -1.88. The third-order valence-electron chi connectivity index (χ3n) is 2.27. The molecule has 2 rings (SSSR count). The molecule has 1 heterocycles. The highest BCUT2D eigenvalue weighted by Gasteiger charge is 2.08. The van der Waals surface area contributed by atoms with Gasteiger partial charge in [0, 0.05) is 11.1 Å². The molecule has 1 aromatic heterocycles. The number of hydrogen-bond donors (Lipinski definition) is 2. The van der Waals surface area contributed by atoms with Crippen LogP contribution in [-0.4, -0.2) is 10.9 Å². The lowest BCUT2D eigenvalue weighted by Crippen LogP contribution is -2.15. The predicted molar refractivity (Wildman–Crippen MR) is 70.0 cm³/mol. The maximum atomic E-state index is 11.7. The maximum absolute atomic E-state index is 11.7. The molecular formula is C12H13N3OS. The van der Waals surface area contributed by atoms with Crippen molar-refractivity contribution in [3.05, 3.63) is 40.9 Å². The number of nitrogen functional groups attached to an aromatic ring is 1. The zero-order valence-corrected chi connectivity index (χ0v) is 10.3. The second-order valence-electron chi connectivity index (χ2n) is 3.72. The molecule has 0 radical (unpaired) electrons. The molecule has 1 aromatic carbocycles. The molecule has 0 saturated carbocycles.